The van der Waals surface area contributed by atoms with Gasteiger partial charge in [0.2, 0.25) is 11.7 Å². The topological polar surface area (TPSA) is 144 Å². The first-order chi connectivity index (χ1) is 12.8. The molecule has 0 aromatic carbocycles. The van der Waals surface area contributed by atoms with Gasteiger partial charge in [0, 0.05) is 17.2 Å². The van der Waals surface area contributed by atoms with Gasteiger partial charge >= 0.3 is 5.97 Å². The Hall–Kier alpha value is -2.60. The highest BCUT2D eigenvalue weighted by molar-refractivity contribution is 8.01. The predicted octanol–water partition coefficient (Wildman–Crippen LogP) is 0.268. The summed E-state index contributed by atoms with van der Waals surface area (Å²) < 4.78 is 1.41. The Kier molecular flexibility index (Phi) is 4.30. The lowest BCUT2D eigenvalue weighted by atomic mass is 10.1. The summed E-state index contributed by atoms with van der Waals surface area (Å²) in [7, 11) is 0. The van der Waals surface area contributed by atoms with Gasteiger partial charge in [0.1, 0.15) is 10.7 Å². The zero-order valence-electron chi connectivity index (χ0n) is 14.1. The lowest BCUT2D eigenvalue weighted by molar-refractivity contribution is -0.146. The molecule has 2 aliphatic heterocycles. The lowest BCUT2D eigenvalue weighted by Gasteiger charge is -2.44. The van der Waals surface area contributed by atoms with Crippen LogP contribution in [0.5, 0.6) is 0 Å². The van der Waals surface area contributed by atoms with Gasteiger partial charge in [0.15, 0.2) is 0 Å². The molecule has 27 heavy (non-hydrogen) atoms. The number of carboxylic acids is 1. The number of aryl methyl sites for hydroxylation is 1. The molecular weight excluding hydrogens is 392 g/mol. The van der Waals surface area contributed by atoms with Gasteiger partial charge in [-0.05, 0) is 18.6 Å². The van der Waals surface area contributed by atoms with E-state index in [1.165, 1.54) is 21.2 Å². The summed E-state index contributed by atoms with van der Waals surface area (Å²) in [6.45, 7) is 1.78. The van der Waals surface area contributed by atoms with Crippen molar-refractivity contribution >= 4 is 47.1 Å². The largest absolute Gasteiger partial charge is 0.477 e. The van der Waals surface area contributed by atoms with E-state index < -0.39 is 11.9 Å². The number of carboxylic acid groups (broad SMARTS) is 1. The number of aromatic nitrogens is 4. The SMILES string of the molecule is Cc1cc(SCC2=C(C(=O)O)N3C(=O)CC3SC2)n2nc(C(N)=O)nc2n1. The van der Waals surface area contributed by atoms with Crippen LogP contribution in [-0.2, 0) is 9.59 Å². The summed E-state index contributed by atoms with van der Waals surface area (Å²) in [5.41, 5.74) is 6.65. The van der Waals surface area contributed by atoms with Gasteiger partial charge in [-0.2, -0.15) is 9.50 Å². The number of primary amides is 1. The van der Waals surface area contributed by atoms with Gasteiger partial charge in [0.05, 0.1) is 11.8 Å². The number of carbonyl (C=O) groups is 3. The molecule has 0 radical (unpaired) electrons. The minimum absolute atomic E-state index is 0.0703. The minimum Gasteiger partial charge on any atom is -0.477 e. The molecule has 4 heterocycles. The van der Waals surface area contributed by atoms with Gasteiger partial charge in [0.25, 0.3) is 11.7 Å². The monoisotopic (exact) mass is 406 g/mol. The van der Waals surface area contributed by atoms with E-state index in [0.717, 1.165) is 0 Å². The molecule has 2 aromatic rings. The molecule has 0 bridgehead atoms. The highest BCUT2D eigenvalue weighted by Crippen LogP contribution is 2.41. The number of amides is 2. The van der Waals surface area contributed by atoms with Crippen molar-refractivity contribution in [2.75, 3.05) is 11.5 Å². The van der Waals surface area contributed by atoms with Crippen molar-refractivity contribution in [3.63, 3.8) is 0 Å². The van der Waals surface area contributed by atoms with Crippen molar-refractivity contribution in [1.82, 2.24) is 24.5 Å². The average molecular weight is 406 g/mol. The lowest BCUT2D eigenvalue weighted by Crippen LogP contribution is -2.54. The third-order valence-electron chi connectivity index (χ3n) is 4.16. The number of aliphatic carboxylic acids is 1. The highest BCUT2D eigenvalue weighted by atomic mass is 32.2. The van der Waals surface area contributed by atoms with Crippen LogP contribution in [0.3, 0.4) is 0 Å². The van der Waals surface area contributed by atoms with Gasteiger partial charge in [-0.3, -0.25) is 14.5 Å². The number of carbonyl (C=O) groups excluding carboxylic acids is 2. The molecule has 4 rings (SSSR count). The van der Waals surface area contributed by atoms with Crippen molar-refractivity contribution in [2.45, 2.75) is 23.7 Å². The van der Waals surface area contributed by atoms with Crippen molar-refractivity contribution in [2.24, 2.45) is 5.73 Å². The van der Waals surface area contributed by atoms with E-state index in [1.807, 2.05) is 0 Å². The van der Waals surface area contributed by atoms with Crippen LogP contribution >= 0.6 is 23.5 Å². The first-order valence-corrected chi connectivity index (χ1v) is 9.94. The molecule has 1 saturated heterocycles. The number of rotatable bonds is 5. The second kappa shape index (κ2) is 6.53. The molecule has 10 nitrogen and oxygen atoms in total. The predicted molar refractivity (Wildman–Crippen MR) is 97.1 cm³/mol. The third-order valence-corrected chi connectivity index (χ3v) is 6.51. The van der Waals surface area contributed by atoms with Crippen LogP contribution in [0.25, 0.3) is 5.78 Å². The Morgan fingerprint density at radius 2 is 2.22 bits per heavy atom. The third kappa shape index (κ3) is 3.04. The Morgan fingerprint density at radius 1 is 1.44 bits per heavy atom. The quantitative estimate of drug-likeness (QED) is 0.406. The minimum atomic E-state index is -1.10. The second-order valence-corrected chi connectivity index (χ2v) is 8.19. The number of thioether (sulfide) groups is 2. The molecule has 12 heteroatoms. The van der Waals surface area contributed by atoms with E-state index in [9.17, 15) is 19.5 Å². The fraction of sp³-hybridized carbons (Fsp3) is 0.333. The van der Waals surface area contributed by atoms with Crippen LogP contribution in [-0.4, -0.2) is 64.3 Å². The molecule has 1 atom stereocenters. The van der Waals surface area contributed by atoms with Gasteiger partial charge in [-0.25, -0.2) is 9.78 Å². The summed E-state index contributed by atoms with van der Waals surface area (Å²) >= 11 is 2.90. The van der Waals surface area contributed by atoms with Crippen molar-refractivity contribution in [1.29, 1.82) is 0 Å². The van der Waals surface area contributed by atoms with Crippen LogP contribution in [0.15, 0.2) is 22.4 Å². The fourth-order valence-corrected chi connectivity index (χ4v) is 5.36. The molecular formula is C15H14N6O4S2. The Morgan fingerprint density at radius 3 is 2.89 bits per heavy atom. The van der Waals surface area contributed by atoms with Gasteiger partial charge in [-0.15, -0.1) is 28.6 Å². The van der Waals surface area contributed by atoms with Gasteiger partial charge < -0.3 is 10.8 Å². The van der Waals surface area contributed by atoms with Crippen LogP contribution in [0.2, 0.25) is 0 Å². The van der Waals surface area contributed by atoms with Crippen molar-refractivity contribution < 1.29 is 19.5 Å². The van der Waals surface area contributed by atoms with E-state index >= 15 is 0 Å². The van der Waals surface area contributed by atoms with Crippen LogP contribution in [0, 0.1) is 6.92 Å². The standard InChI is InChI=1S/C15H14N6O4S2/c1-6-2-10(21-15(17-6)18-13(19-21)12(16)23)27-5-7-4-26-9-3-8(22)20(9)11(7)14(24)25/h2,9H,3-5H2,1H3,(H2,16,23)(H,24,25). The molecule has 0 saturated carbocycles. The summed E-state index contributed by atoms with van der Waals surface area (Å²) in [5, 5.41) is 14.2. The molecule has 1 unspecified atom stereocenters. The Balaban J connectivity index is 1.66. The zero-order valence-corrected chi connectivity index (χ0v) is 15.7. The van der Waals surface area contributed by atoms with E-state index in [2.05, 4.69) is 15.1 Å². The van der Waals surface area contributed by atoms with E-state index in [0.29, 0.717) is 34.2 Å². The maximum atomic E-state index is 11.8. The summed E-state index contributed by atoms with van der Waals surface area (Å²) in [6.07, 6.45) is 0.376. The zero-order chi connectivity index (χ0) is 19.3. The molecule has 2 aromatic heterocycles. The fourth-order valence-electron chi connectivity index (χ4n) is 2.91. The first-order valence-electron chi connectivity index (χ1n) is 7.91. The molecule has 0 aliphatic carbocycles. The highest BCUT2D eigenvalue weighted by Gasteiger charge is 2.45. The van der Waals surface area contributed by atoms with Crippen LogP contribution in [0.1, 0.15) is 22.7 Å². The molecule has 1 fully saturated rings. The molecule has 2 aliphatic rings. The molecule has 3 N–H and O–H groups in total. The number of fused-ring (bicyclic) bond motifs is 2. The number of nitrogens with two attached hydrogens (primary N) is 1. The molecule has 2 amide bonds. The molecule has 140 valence electrons. The summed E-state index contributed by atoms with van der Waals surface area (Å²) in [4.78, 5) is 44.4. The molecule has 0 spiro atoms. The number of hydrogen-bond donors (Lipinski definition) is 2. The van der Waals surface area contributed by atoms with Gasteiger partial charge in [-0.1, -0.05) is 0 Å². The Labute approximate surface area is 161 Å². The van der Waals surface area contributed by atoms with Crippen LogP contribution in [0.4, 0.5) is 0 Å². The van der Waals surface area contributed by atoms with E-state index in [4.69, 9.17) is 5.73 Å². The van der Waals surface area contributed by atoms with E-state index in [-0.39, 0.29) is 28.6 Å². The number of β-lactam (4-membered cyclic amide) rings is 1. The van der Waals surface area contributed by atoms with Crippen LogP contribution < -0.4 is 5.73 Å². The second-order valence-electron chi connectivity index (χ2n) is 6.03. The van der Waals surface area contributed by atoms with Crippen molar-refractivity contribution in [3.8, 4) is 0 Å². The maximum absolute atomic E-state index is 11.8. The van der Waals surface area contributed by atoms with E-state index in [1.54, 1.807) is 24.8 Å². The number of nitrogens with zero attached hydrogens (tertiary/aromatic N) is 5. The smallest absolute Gasteiger partial charge is 0.352 e. The average Bonchev–Trinajstić information content (AvgIpc) is 3.02. The normalized spacial score (nSPS) is 19.2. The number of hydrogen-bond acceptors (Lipinski definition) is 8. The maximum Gasteiger partial charge on any atom is 0.352 e. The summed E-state index contributed by atoms with van der Waals surface area (Å²) in [5.74, 6) is -1.02. The first kappa shape index (κ1) is 17.8. The summed E-state index contributed by atoms with van der Waals surface area (Å²) in [6, 6.07) is 1.77. The Bertz CT molecular complexity index is 1030. The van der Waals surface area contributed by atoms with Crippen molar-refractivity contribution in [3.05, 3.63) is 28.9 Å².